The van der Waals surface area contributed by atoms with Crippen LogP contribution in [0.1, 0.15) is 118 Å². The summed E-state index contributed by atoms with van der Waals surface area (Å²) in [6.07, 6.45) is 14.3. The van der Waals surface area contributed by atoms with E-state index in [2.05, 4.69) is 10.6 Å². The molecule has 0 spiro atoms. The van der Waals surface area contributed by atoms with Gasteiger partial charge in [-0.3, -0.25) is 0 Å². The molecule has 2 aliphatic rings. The Bertz CT molecular complexity index is 807. The lowest BCUT2D eigenvalue weighted by molar-refractivity contribution is -0.725. The van der Waals surface area contributed by atoms with Crippen LogP contribution in [0.2, 0.25) is 0 Å². The zero-order valence-corrected chi connectivity index (χ0v) is 23.2. The Kier molecular flexibility index (Phi) is 11.1. The third-order valence-corrected chi connectivity index (χ3v) is 6.99. The molecule has 1 atom stereocenters. The van der Waals surface area contributed by atoms with Gasteiger partial charge in [-0.05, 0) is 95.1 Å². The first-order chi connectivity index (χ1) is 17.4. The third-order valence-electron chi connectivity index (χ3n) is 6.99. The smallest absolute Gasteiger partial charge is 0.408 e. The molecule has 2 fully saturated rings. The molecule has 204 valence electrons. The average molecular weight is 504 g/mol. The van der Waals surface area contributed by atoms with Crippen LogP contribution in [0.5, 0.6) is 0 Å². The van der Waals surface area contributed by atoms with Gasteiger partial charge in [-0.25, -0.2) is 4.79 Å². The second kappa shape index (κ2) is 14.0. The highest BCUT2D eigenvalue weighted by Gasteiger charge is 2.23. The number of carbonyl (C=O) groups excluding carboxylic acids is 2. The van der Waals surface area contributed by atoms with Crippen LogP contribution in [0.25, 0.3) is 0 Å². The predicted molar refractivity (Wildman–Crippen MR) is 143 cm³/mol. The summed E-state index contributed by atoms with van der Waals surface area (Å²) in [5, 5.41) is 16.3. The van der Waals surface area contributed by atoms with Crippen molar-refractivity contribution in [2.24, 2.45) is 0 Å². The fraction of sp³-hybridized carbons (Fsp3) is 0.733. The van der Waals surface area contributed by atoms with E-state index in [1.165, 1.54) is 64.2 Å². The van der Waals surface area contributed by atoms with E-state index in [0.717, 1.165) is 23.2 Å². The number of alkyl carbamates (subject to hydrolysis) is 1. The van der Waals surface area contributed by atoms with Gasteiger partial charge in [0, 0.05) is 1.37 Å². The first-order valence-electron chi connectivity index (χ1n) is 14.5. The van der Waals surface area contributed by atoms with Gasteiger partial charge in [0.1, 0.15) is 5.60 Å². The van der Waals surface area contributed by atoms with Crippen molar-refractivity contribution in [2.45, 2.75) is 141 Å². The number of aliphatic carboxylic acids is 1. The molecule has 3 N–H and O–H groups in total. The van der Waals surface area contributed by atoms with Crippen LogP contribution in [-0.2, 0) is 21.4 Å². The van der Waals surface area contributed by atoms with E-state index in [9.17, 15) is 14.7 Å². The lowest BCUT2D eigenvalue weighted by atomic mass is 9.86. The molecule has 1 amide bonds. The number of carbonyl (C=O) groups is 2. The van der Waals surface area contributed by atoms with Gasteiger partial charge >= 0.3 is 6.09 Å². The van der Waals surface area contributed by atoms with E-state index < -0.39 is 23.7 Å². The fourth-order valence-corrected chi connectivity index (χ4v) is 5.01. The number of nitrogens with two attached hydrogens (primary N) is 1. The molecule has 0 unspecified atom stereocenters. The van der Waals surface area contributed by atoms with Gasteiger partial charge in [-0.2, -0.15) is 0 Å². The number of quaternary nitrogens is 1. The summed E-state index contributed by atoms with van der Waals surface area (Å²) in [6, 6.07) is 8.19. The standard InChI is InChI=1S/C18H27NO4.C12H23N/c1-17(2,3)13-9-7-12(8-10-13)11-14(15(20)21)19-16(22)23-18(4,5)6;1-3-7-11(8-4-1)13-12-9-5-2-6-10-12/h7-10,14H,11H2,1-6H3,(H,19,22)(H,20,21);11-13H,1-10H2/t14-;/m0./s1/i1D;. The van der Waals surface area contributed by atoms with Crippen molar-refractivity contribution in [3.63, 3.8) is 0 Å². The van der Waals surface area contributed by atoms with E-state index in [0.29, 0.717) is 0 Å². The van der Waals surface area contributed by atoms with E-state index in [1.807, 2.05) is 26.0 Å². The summed E-state index contributed by atoms with van der Waals surface area (Å²) < 4.78 is 12.6. The molecule has 0 radical (unpaired) electrons. The molecule has 36 heavy (non-hydrogen) atoms. The minimum Gasteiger partial charge on any atom is -0.548 e. The number of hydrogen-bond donors (Lipinski definition) is 2. The molecule has 0 heterocycles. The van der Waals surface area contributed by atoms with Crippen molar-refractivity contribution in [3.05, 3.63) is 35.4 Å². The maximum atomic E-state index is 11.7. The molecule has 0 aromatic heterocycles. The minimum absolute atomic E-state index is 0.100. The number of nitrogens with one attached hydrogen (secondary N) is 1. The molecular formula is C30H50N2O4. The zero-order chi connectivity index (χ0) is 27.5. The molecule has 1 aromatic carbocycles. The van der Waals surface area contributed by atoms with E-state index in [1.54, 1.807) is 32.9 Å². The fourth-order valence-electron chi connectivity index (χ4n) is 5.01. The highest BCUT2D eigenvalue weighted by Crippen LogP contribution is 2.22. The van der Waals surface area contributed by atoms with Crippen molar-refractivity contribution in [3.8, 4) is 0 Å². The molecule has 6 nitrogen and oxygen atoms in total. The maximum Gasteiger partial charge on any atom is 0.408 e. The Morgan fingerprint density at radius 2 is 1.47 bits per heavy atom. The Morgan fingerprint density at radius 3 is 1.89 bits per heavy atom. The number of hydrogen-bond acceptors (Lipinski definition) is 4. The van der Waals surface area contributed by atoms with Crippen molar-refractivity contribution >= 4 is 12.1 Å². The molecule has 0 aliphatic heterocycles. The summed E-state index contributed by atoms with van der Waals surface area (Å²) in [5.41, 5.74) is 0.793. The van der Waals surface area contributed by atoms with Crippen LogP contribution in [0.4, 0.5) is 4.79 Å². The van der Waals surface area contributed by atoms with Crippen LogP contribution < -0.4 is 15.7 Å². The molecule has 0 saturated heterocycles. The highest BCUT2D eigenvalue weighted by atomic mass is 16.6. The second-order valence-electron chi connectivity index (χ2n) is 12.3. The van der Waals surface area contributed by atoms with Crippen molar-refractivity contribution in [1.29, 1.82) is 0 Å². The van der Waals surface area contributed by atoms with Crippen molar-refractivity contribution in [2.75, 3.05) is 0 Å². The number of amides is 1. The zero-order valence-electron chi connectivity index (χ0n) is 24.2. The highest BCUT2D eigenvalue weighted by molar-refractivity contribution is 5.79. The average Bonchev–Trinajstić information content (AvgIpc) is 2.84. The molecule has 2 aliphatic carbocycles. The Hall–Kier alpha value is -2.08. The summed E-state index contributed by atoms with van der Waals surface area (Å²) in [5.74, 6) is -1.36. The van der Waals surface area contributed by atoms with Crippen LogP contribution in [0.15, 0.2) is 24.3 Å². The number of carboxylic acid groups (broad SMARTS) is 1. The van der Waals surface area contributed by atoms with Crippen LogP contribution in [0, 0.1) is 0 Å². The maximum absolute atomic E-state index is 11.7. The summed E-state index contributed by atoms with van der Waals surface area (Å²) in [7, 11) is 0. The van der Waals surface area contributed by atoms with Crippen molar-refractivity contribution < 1.29 is 26.1 Å². The van der Waals surface area contributed by atoms with Crippen LogP contribution in [-0.4, -0.2) is 35.8 Å². The first-order valence-corrected chi connectivity index (χ1v) is 13.8. The van der Waals surface area contributed by atoms with Gasteiger partial charge in [0.05, 0.1) is 24.1 Å². The van der Waals surface area contributed by atoms with E-state index in [-0.39, 0.29) is 18.7 Å². The third kappa shape index (κ3) is 11.8. The topological polar surface area (TPSA) is 95.1 Å². The molecular weight excluding hydrogens is 452 g/mol. The normalized spacial score (nSPS) is 18.9. The van der Waals surface area contributed by atoms with Gasteiger partial charge in [-0.1, -0.05) is 57.9 Å². The largest absolute Gasteiger partial charge is 0.548 e. The van der Waals surface area contributed by atoms with Crippen LogP contribution >= 0.6 is 0 Å². The van der Waals surface area contributed by atoms with E-state index >= 15 is 0 Å². The predicted octanol–water partition coefficient (Wildman–Crippen LogP) is 4.39. The second-order valence-corrected chi connectivity index (χ2v) is 12.3. The minimum atomic E-state index is -1.36. The quantitative estimate of drug-likeness (QED) is 0.602. The molecule has 2 saturated carbocycles. The van der Waals surface area contributed by atoms with Crippen molar-refractivity contribution in [1.82, 2.24) is 5.32 Å². The lowest BCUT2D eigenvalue weighted by Gasteiger charge is -2.27. The molecule has 0 bridgehead atoms. The van der Waals surface area contributed by atoms with Gasteiger partial charge in [0.15, 0.2) is 0 Å². The number of benzene rings is 1. The summed E-state index contributed by atoms with van der Waals surface area (Å²) in [4.78, 5) is 23.0. The van der Waals surface area contributed by atoms with Gasteiger partial charge in [0.2, 0.25) is 0 Å². The SMILES string of the molecule is C1CCC([NH2+]C2CCCCC2)CC1.[2H]CC(C)(C)c1ccc(C[C@H](NC(=O)OC(C)(C)C)C(=O)[O-])cc1. The summed E-state index contributed by atoms with van der Waals surface area (Å²) >= 11 is 0. The van der Waals surface area contributed by atoms with Gasteiger partial charge in [-0.15, -0.1) is 0 Å². The Labute approximate surface area is 220 Å². The van der Waals surface area contributed by atoms with Gasteiger partial charge < -0.3 is 25.3 Å². The monoisotopic (exact) mass is 503 g/mol. The molecule has 3 rings (SSSR count). The molecule has 6 heteroatoms. The first kappa shape index (κ1) is 28.5. The number of ether oxygens (including phenoxy) is 1. The Morgan fingerprint density at radius 1 is 0.972 bits per heavy atom. The lowest BCUT2D eigenvalue weighted by Crippen LogP contribution is -2.95. The van der Waals surface area contributed by atoms with Crippen LogP contribution in [0.3, 0.4) is 0 Å². The number of rotatable bonds is 6. The van der Waals surface area contributed by atoms with Gasteiger partial charge in [0.25, 0.3) is 0 Å². The molecule has 1 aromatic rings. The Balaban J connectivity index is 0.000000308. The van der Waals surface area contributed by atoms with E-state index in [4.69, 9.17) is 6.11 Å². The summed E-state index contributed by atoms with van der Waals surface area (Å²) in [6.45, 7) is 9.31. The number of carboxylic acids is 1.